The summed E-state index contributed by atoms with van der Waals surface area (Å²) < 4.78 is 164. The maximum absolute atomic E-state index is 13.6. The summed E-state index contributed by atoms with van der Waals surface area (Å²) in [5, 5.41) is 6.92. The van der Waals surface area contributed by atoms with Crippen molar-refractivity contribution in [1.82, 2.24) is 10.6 Å². The van der Waals surface area contributed by atoms with E-state index < -0.39 is 71.1 Å². The molecule has 0 bridgehead atoms. The number of nitrogens with one attached hydrogen (secondary N) is 2. The van der Waals surface area contributed by atoms with Crippen molar-refractivity contribution < 1.29 is 52.7 Å². The maximum atomic E-state index is 13.6. The minimum Gasteiger partial charge on any atom is -0.298 e. The summed E-state index contributed by atoms with van der Waals surface area (Å²) in [5.74, 6) is 0. The number of benzene rings is 6. The van der Waals surface area contributed by atoms with Gasteiger partial charge in [0.1, 0.15) is 0 Å². The fourth-order valence-corrected chi connectivity index (χ4v) is 6.68. The van der Waals surface area contributed by atoms with Crippen LogP contribution in [0.4, 0.5) is 52.7 Å². The van der Waals surface area contributed by atoms with E-state index in [4.69, 9.17) is 0 Å². The molecule has 0 aliphatic carbocycles. The lowest BCUT2D eigenvalue weighted by Gasteiger charge is -2.37. The van der Waals surface area contributed by atoms with Gasteiger partial charge in [0.15, 0.2) is 0 Å². The van der Waals surface area contributed by atoms with Crippen LogP contribution in [0.3, 0.4) is 0 Å². The van der Waals surface area contributed by atoms with Crippen molar-refractivity contribution in [1.29, 1.82) is 0 Å². The van der Waals surface area contributed by atoms with Gasteiger partial charge in [0.05, 0.1) is 46.4 Å². The van der Waals surface area contributed by atoms with Gasteiger partial charge in [0.25, 0.3) is 0 Å². The lowest BCUT2D eigenvalue weighted by Crippen LogP contribution is -2.39. The Hall–Kier alpha value is -5.60. The Morgan fingerprint density at radius 1 is 0.259 bits per heavy atom. The fraction of sp³-hybridized carbons (Fsp3) is 0.182. The van der Waals surface area contributed by atoms with E-state index in [2.05, 4.69) is 10.6 Å². The second-order valence-electron chi connectivity index (χ2n) is 13.5. The zero-order valence-electron chi connectivity index (χ0n) is 29.9. The molecule has 6 aromatic rings. The van der Waals surface area contributed by atoms with Crippen molar-refractivity contribution in [2.45, 2.75) is 48.9 Å². The van der Waals surface area contributed by atoms with Crippen LogP contribution in [0.15, 0.2) is 158 Å². The summed E-state index contributed by atoms with van der Waals surface area (Å²) >= 11 is 0. The highest BCUT2D eigenvalue weighted by Gasteiger charge is 2.36. The summed E-state index contributed by atoms with van der Waals surface area (Å²) in [6.07, 6.45) is -18.7. The molecule has 14 heteroatoms. The molecule has 0 saturated heterocycles. The third-order valence-electron chi connectivity index (χ3n) is 9.63. The van der Waals surface area contributed by atoms with Gasteiger partial charge in [-0.25, -0.2) is 0 Å². The summed E-state index contributed by atoms with van der Waals surface area (Å²) in [6.45, 7) is 0. The molecular weight excluding hydrogens is 784 g/mol. The first kappa shape index (κ1) is 42.0. The summed E-state index contributed by atoms with van der Waals surface area (Å²) in [7, 11) is 0. The van der Waals surface area contributed by atoms with E-state index in [1.807, 2.05) is 0 Å². The van der Waals surface area contributed by atoms with Crippen molar-refractivity contribution in [3.63, 3.8) is 0 Å². The van der Waals surface area contributed by atoms with E-state index in [0.717, 1.165) is 48.5 Å². The molecule has 0 radical (unpaired) electrons. The predicted octanol–water partition coefficient (Wildman–Crippen LogP) is 13.3. The molecule has 6 rings (SSSR count). The van der Waals surface area contributed by atoms with Crippen LogP contribution < -0.4 is 10.6 Å². The molecule has 302 valence electrons. The van der Waals surface area contributed by atoms with Gasteiger partial charge in [0, 0.05) is 0 Å². The molecular formula is C44H32F12N2. The number of halogens is 12. The second-order valence-corrected chi connectivity index (χ2v) is 13.5. The molecule has 0 amide bonds. The molecule has 2 nitrogen and oxygen atoms in total. The molecule has 0 aliphatic heterocycles. The van der Waals surface area contributed by atoms with Gasteiger partial charge < -0.3 is 0 Å². The highest BCUT2D eigenvalue weighted by molar-refractivity contribution is 5.40. The van der Waals surface area contributed by atoms with Gasteiger partial charge in [-0.05, 0) is 81.9 Å². The lowest BCUT2D eigenvalue weighted by molar-refractivity contribution is -0.138. The zero-order chi connectivity index (χ0) is 41.9. The average molecular weight is 817 g/mol. The van der Waals surface area contributed by atoms with Gasteiger partial charge in [-0.2, -0.15) is 52.7 Å². The summed E-state index contributed by atoms with van der Waals surface area (Å²) in [4.78, 5) is 0. The van der Waals surface area contributed by atoms with Crippen molar-refractivity contribution in [2.24, 2.45) is 0 Å². The molecule has 58 heavy (non-hydrogen) atoms. The highest BCUT2D eigenvalue weighted by Crippen LogP contribution is 2.40. The molecule has 0 spiro atoms. The second kappa shape index (κ2) is 16.7. The Labute approximate surface area is 325 Å². The number of alkyl halides is 12. The quantitative estimate of drug-likeness (QED) is 0.127. The highest BCUT2D eigenvalue weighted by atomic mass is 19.4. The lowest BCUT2D eigenvalue weighted by atomic mass is 9.87. The van der Waals surface area contributed by atoms with Crippen molar-refractivity contribution in [2.75, 3.05) is 0 Å². The third kappa shape index (κ3) is 10.1. The summed E-state index contributed by atoms with van der Waals surface area (Å²) in [6, 6.07) is 29.7. The molecule has 0 saturated carbocycles. The van der Waals surface area contributed by atoms with Crippen LogP contribution >= 0.6 is 0 Å². The van der Waals surface area contributed by atoms with Crippen LogP contribution in [-0.2, 0) is 24.7 Å². The van der Waals surface area contributed by atoms with Gasteiger partial charge in [-0.1, -0.05) is 109 Å². The number of hydrogen-bond acceptors (Lipinski definition) is 2. The van der Waals surface area contributed by atoms with E-state index in [1.165, 1.54) is 48.5 Å². The zero-order valence-corrected chi connectivity index (χ0v) is 29.9. The van der Waals surface area contributed by atoms with Crippen molar-refractivity contribution >= 4 is 0 Å². The molecule has 0 aromatic heterocycles. The van der Waals surface area contributed by atoms with Gasteiger partial charge in [-0.15, -0.1) is 0 Å². The van der Waals surface area contributed by atoms with Crippen LogP contribution in [0.25, 0.3) is 0 Å². The van der Waals surface area contributed by atoms with E-state index in [0.29, 0.717) is 11.1 Å². The van der Waals surface area contributed by atoms with Gasteiger partial charge >= 0.3 is 24.7 Å². The first-order valence-corrected chi connectivity index (χ1v) is 17.6. The maximum Gasteiger partial charge on any atom is 0.416 e. The van der Waals surface area contributed by atoms with E-state index >= 15 is 0 Å². The first-order valence-electron chi connectivity index (χ1n) is 17.6. The fourth-order valence-electron chi connectivity index (χ4n) is 6.68. The monoisotopic (exact) mass is 816 g/mol. The van der Waals surface area contributed by atoms with Crippen LogP contribution in [0.2, 0.25) is 0 Å². The van der Waals surface area contributed by atoms with Crippen LogP contribution in [0.1, 0.15) is 79.8 Å². The largest absolute Gasteiger partial charge is 0.416 e. The van der Waals surface area contributed by atoms with Crippen LogP contribution in [-0.4, -0.2) is 0 Å². The average Bonchev–Trinajstić information content (AvgIpc) is 3.19. The van der Waals surface area contributed by atoms with Crippen LogP contribution in [0, 0.1) is 0 Å². The van der Waals surface area contributed by atoms with Gasteiger partial charge in [0.2, 0.25) is 0 Å². The SMILES string of the molecule is FC(F)(F)c1ccc(C(N[C@@H](c2ccccc2)[C@@H](NC(c2ccc(C(F)(F)F)cc2)c2ccc(C(F)(F)F)cc2)c2ccccc2)c2ccc(C(F)(F)F)cc2)cc1. The minimum atomic E-state index is -4.68. The Balaban J connectivity index is 1.52. The number of hydrogen-bond donors (Lipinski definition) is 2. The first-order chi connectivity index (χ1) is 27.3. The van der Waals surface area contributed by atoms with E-state index in [-0.39, 0.29) is 22.3 Å². The predicted molar refractivity (Wildman–Crippen MR) is 194 cm³/mol. The Bertz CT molecular complexity index is 1940. The minimum absolute atomic E-state index is 0.252. The van der Waals surface area contributed by atoms with E-state index in [1.54, 1.807) is 60.7 Å². The molecule has 0 heterocycles. The molecule has 0 aliphatic rings. The van der Waals surface area contributed by atoms with Crippen molar-refractivity contribution in [3.05, 3.63) is 213 Å². The normalized spacial score (nSPS) is 13.8. The Morgan fingerprint density at radius 2 is 0.466 bits per heavy atom. The molecule has 0 unspecified atom stereocenters. The Morgan fingerprint density at radius 3 is 0.655 bits per heavy atom. The van der Waals surface area contributed by atoms with Crippen LogP contribution in [0.5, 0.6) is 0 Å². The Kier molecular flexibility index (Phi) is 12.1. The smallest absolute Gasteiger partial charge is 0.298 e. The van der Waals surface area contributed by atoms with Crippen molar-refractivity contribution in [3.8, 4) is 0 Å². The van der Waals surface area contributed by atoms with Gasteiger partial charge in [-0.3, -0.25) is 10.6 Å². The van der Waals surface area contributed by atoms with E-state index in [9.17, 15) is 52.7 Å². The topological polar surface area (TPSA) is 24.1 Å². The standard InChI is InChI=1S/C44H32F12N2/c45-41(46,47)33-19-11-29(12-20-33)37(30-13-21-34(22-14-30)42(48,49)50)57-39(27-7-3-1-4-8-27)40(28-9-5-2-6-10-28)58-38(31-15-23-35(24-16-31)43(51,52)53)32-17-25-36(26-18-32)44(54,55)56/h1-26,37-40,57-58H/t39-,40-/m0/s1. The molecule has 0 fully saturated rings. The summed E-state index contributed by atoms with van der Waals surface area (Å²) in [5.41, 5.74) is -1.67. The number of rotatable bonds is 11. The molecule has 2 N–H and O–H groups in total. The molecule has 6 aromatic carbocycles. The third-order valence-corrected chi connectivity index (χ3v) is 9.63. The molecule has 2 atom stereocenters.